The SMILES string of the molecule is Nc1ccc(N2CCCC2)c2c[n+]([O-])[n+]([O-])cc12. The molecular formula is C12H14N4O2. The summed E-state index contributed by atoms with van der Waals surface area (Å²) >= 11 is 0. The summed E-state index contributed by atoms with van der Waals surface area (Å²) in [7, 11) is 0. The molecule has 94 valence electrons. The van der Waals surface area contributed by atoms with E-state index in [4.69, 9.17) is 5.73 Å². The average molecular weight is 246 g/mol. The molecule has 1 aliphatic heterocycles. The van der Waals surface area contributed by atoms with Crippen molar-refractivity contribution in [2.75, 3.05) is 23.7 Å². The van der Waals surface area contributed by atoms with Gasteiger partial charge in [-0.05, 0) is 25.0 Å². The van der Waals surface area contributed by atoms with E-state index in [2.05, 4.69) is 4.90 Å². The molecule has 0 saturated carbocycles. The zero-order valence-electron chi connectivity index (χ0n) is 9.87. The highest BCUT2D eigenvalue weighted by molar-refractivity contribution is 5.99. The normalized spacial score (nSPS) is 15.4. The van der Waals surface area contributed by atoms with Crippen LogP contribution < -0.4 is 20.3 Å². The minimum Gasteiger partial charge on any atom is -0.561 e. The van der Waals surface area contributed by atoms with Gasteiger partial charge < -0.3 is 21.0 Å². The minimum absolute atomic E-state index is 0.243. The number of rotatable bonds is 1. The van der Waals surface area contributed by atoms with E-state index in [1.807, 2.05) is 6.07 Å². The highest BCUT2D eigenvalue weighted by atomic mass is 16.6. The fourth-order valence-electron chi connectivity index (χ4n) is 2.49. The van der Waals surface area contributed by atoms with Crippen LogP contribution in [0.3, 0.4) is 0 Å². The Kier molecular flexibility index (Phi) is 2.36. The predicted molar refractivity (Wildman–Crippen MR) is 67.7 cm³/mol. The maximum absolute atomic E-state index is 11.4. The van der Waals surface area contributed by atoms with Crippen molar-refractivity contribution in [1.82, 2.24) is 0 Å². The topological polar surface area (TPSA) is 83.1 Å². The third-order valence-corrected chi connectivity index (χ3v) is 3.42. The number of hydrogen-bond acceptors (Lipinski definition) is 4. The molecule has 2 heterocycles. The highest BCUT2D eigenvalue weighted by Crippen LogP contribution is 2.31. The van der Waals surface area contributed by atoms with E-state index < -0.39 is 0 Å². The summed E-state index contributed by atoms with van der Waals surface area (Å²) in [6, 6.07) is 3.70. The lowest BCUT2D eigenvalue weighted by Crippen LogP contribution is -2.60. The zero-order valence-corrected chi connectivity index (χ0v) is 9.87. The first-order valence-corrected chi connectivity index (χ1v) is 5.96. The van der Waals surface area contributed by atoms with Crippen LogP contribution in [0, 0.1) is 10.4 Å². The second kappa shape index (κ2) is 3.90. The van der Waals surface area contributed by atoms with Crippen molar-refractivity contribution in [3.63, 3.8) is 0 Å². The molecule has 1 aromatic carbocycles. The maximum Gasteiger partial charge on any atom is 0.263 e. The van der Waals surface area contributed by atoms with Gasteiger partial charge >= 0.3 is 0 Å². The molecule has 6 nitrogen and oxygen atoms in total. The predicted octanol–water partition coefficient (Wildman–Crippen LogP) is 0.289. The molecule has 1 aromatic heterocycles. The lowest BCUT2D eigenvalue weighted by Gasteiger charge is -2.19. The Morgan fingerprint density at radius 2 is 1.61 bits per heavy atom. The Labute approximate surface area is 104 Å². The first kappa shape index (κ1) is 10.9. The maximum atomic E-state index is 11.4. The number of nitrogens with two attached hydrogens (primary N) is 1. The quantitative estimate of drug-likeness (QED) is 0.445. The van der Waals surface area contributed by atoms with E-state index in [1.165, 1.54) is 12.4 Å². The molecule has 0 amide bonds. The lowest BCUT2D eigenvalue weighted by molar-refractivity contribution is -1.19. The van der Waals surface area contributed by atoms with Gasteiger partial charge in [0.05, 0.1) is 26.2 Å². The molecule has 0 bridgehead atoms. The molecule has 0 radical (unpaired) electrons. The van der Waals surface area contributed by atoms with Gasteiger partial charge in [-0.2, -0.15) is 0 Å². The standard InChI is InChI=1S/C12H14N4O2/c13-11-3-4-12(14-5-1-2-6-14)10-8-16(18)15(17)7-9(10)11/h3-4,7-8H,1-2,5-6,13H2. The van der Waals surface area contributed by atoms with E-state index in [9.17, 15) is 10.4 Å². The van der Waals surface area contributed by atoms with Crippen molar-refractivity contribution in [2.24, 2.45) is 0 Å². The monoisotopic (exact) mass is 246 g/mol. The summed E-state index contributed by atoms with van der Waals surface area (Å²) in [5.74, 6) is 0. The van der Waals surface area contributed by atoms with E-state index in [0.717, 1.165) is 37.0 Å². The molecule has 0 atom stereocenters. The summed E-state index contributed by atoms with van der Waals surface area (Å²) in [6.07, 6.45) is 4.83. The Morgan fingerprint density at radius 3 is 2.28 bits per heavy atom. The zero-order chi connectivity index (χ0) is 12.7. The molecule has 0 spiro atoms. The fourth-order valence-corrected chi connectivity index (χ4v) is 2.49. The first-order valence-electron chi connectivity index (χ1n) is 5.96. The van der Waals surface area contributed by atoms with Crippen molar-refractivity contribution in [2.45, 2.75) is 12.8 Å². The number of nitrogens with zero attached hydrogens (tertiary/aromatic N) is 3. The van der Waals surface area contributed by atoms with Crippen LogP contribution in [0.25, 0.3) is 10.8 Å². The Bertz CT molecular complexity index is 609. The van der Waals surface area contributed by atoms with Crippen molar-refractivity contribution in [3.8, 4) is 0 Å². The average Bonchev–Trinajstić information content (AvgIpc) is 2.86. The van der Waals surface area contributed by atoms with Crippen molar-refractivity contribution < 1.29 is 9.69 Å². The molecule has 2 aromatic rings. The van der Waals surface area contributed by atoms with Crippen molar-refractivity contribution in [3.05, 3.63) is 34.9 Å². The second-order valence-corrected chi connectivity index (χ2v) is 4.56. The van der Waals surface area contributed by atoms with E-state index in [1.54, 1.807) is 6.07 Å². The van der Waals surface area contributed by atoms with Gasteiger partial charge in [0.25, 0.3) is 12.4 Å². The number of nitrogen functional groups attached to an aromatic ring is 1. The van der Waals surface area contributed by atoms with Crippen LogP contribution >= 0.6 is 0 Å². The van der Waals surface area contributed by atoms with Crippen molar-refractivity contribution in [1.29, 1.82) is 0 Å². The molecule has 18 heavy (non-hydrogen) atoms. The largest absolute Gasteiger partial charge is 0.561 e. The van der Waals surface area contributed by atoms with Crippen molar-refractivity contribution >= 4 is 22.1 Å². The lowest BCUT2D eigenvalue weighted by atomic mass is 10.1. The number of aromatic nitrogens is 2. The number of anilines is 2. The van der Waals surface area contributed by atoms with Crippen LogP contribution in [0.15, 0.2) is 24.5 Å². The van der Waals surface area contributed by atoms with Gasteiger partial charge in [0, 0.05) is 18.8 Å². The van der Waals surface area contributed by atoms with Crippen LogP contribution in [-0.2, 0) is 0 Å². The van der Waals surface area contributed by atoms with Crippen LogP contribution in [-0.4, -0.2) is 13.1 Å². The van der Waals surface area contributed by atoms with Crippen LogP contribution in [0.1, 0.15) is 12.8 Å². The molecule has 1 saturated heterocycles. The van der Waals surface area contributed by atoms with Gasteiger partial charge in [0.1, 0.15) is 0 Å². The number of fused-ring (bicyclic) bond motifs is 1. The summed E-state index contributed by atoms with van der Waals surface area (Å²) in [6.45, 7) is 1.95. The Morgan fingerprint density at radius 1 is 1.00 bits per heavy atom. The third-order valence-electron chi connectivity index (χ3n) is 3.42. The third kappa shape index (κ3) is 1.57. The molecular weight excluding hydrogens is 232 g/mol. The Balaban J connectivity index is 2.26. The van der Waals surface area contributed by atoms with Gasteiger partial charge in [-0.3, -0.25) is 0 Å². The summed E-state index contributed by atoms with van der Waals surface area (Å²) < 4.78 is 0. The summed E-state index contributed by atoms with van der Waals surface area (Å²) in [4.78, 5) is 2.74. The first-order chi connectivity index (χ1) is 8.66. The van der Waals surface area contributed by atoms with Gasteiger partial charge in [-0.1, -0.05) is 0 Å². The second-order valence-electron chi connectivity index (χ2n) is 4.56. The smallest absolute Gasteiger partial charge is 0.263 e. The molecule has 2 N–H and O–H groups in total. The van der Waals surface area contributed by atoms with Gasteiger partial charge in [0.15, 0.2) is 0 Å². The van der Waals surface area contributed by atoms with E-state index in [0.29, 0.717) is 11.1 Å². The molecule has 1 aliphatic rings. The Hall–Kier alpha value is -2.24. The van der Waals surface area contributed by atoms with Gasteiger partial charge in [0.2, 0.25) is 0 Å². The fraction of sp³-hybridized carbons (Fsp3) is 0.333. The molecule has 1 fully saturated rings. The number of benzene rings is 1. The van der Waals surface area contributed by atoms with Gasteiger partial charge in [-0.15, -0.1) is 0 Å². The van der Waals surface area contributed by atoms with Crippen LogP contribution in [0.4, 0.5) is 11.4 Å². The van der Waals surface area contributed by atoms with Crippen LogP contribution in [0.2, 0.25) is 0 Å². The molecule has 6 heteroatoms. The summed E-state index contributed by atoms with van der Waals surface area (Å²) in [5, 5.41) is 24.1. The molecule has 0 aliphatic carbocycles. The molecule has 3 rings (SSSR count). The number of hydrogen-bond donors (Lipinski definition) is 1. The van der Waals surface area contributed by atoms with E-state index in [-0.39, 0.29) is 9.69 Å². The molecule has 0 unspecified atom stereocenters. The highest BCUT2D eigenvalue weighted by Gasteiger charge is 2.20. The van der Waals surface area contributed by atoms with Crippen LogP contribution in [0.5, 0.6) is 0 Å². The van der Waals surface area contributed by atoms with E-state index >= 15 is 0 Å². The van der Waals surface area contributed by atoms with Gasteiger partial charge in [-0.25, -0.2) is 0 Å². The summed E-state index contributed by atoms with van der Waals surface area (Å²) in [5.41, 5.74) is 7.35. The minimum atomic E-state index is 0.243.